The molecule has 2 aromatic rings. The lowest BCUT2D eigenvalue weighted by Crippen LogP contribution is -2.43. The molecule has 0 radical (unpaired) electrons. The van der Waals surface area contributed by atoms with Crippen molar-refractivity contribution in [3.63, 3.8) is 0 Å². The summed E-state index contributed by atoms with van der Waals surface area (Å²) in [5, 5.41) is 7.40. The van der Waals surface area contributed by atoms with E-state index in [1.807, 2.05) is 0 Å². The zero-order valence-corrected chi connectivity index (χ0v) is 13.1. The number of aromatic nitrogens is 2. The summed E-state index contributed by atoms with van der Waals surface area (Å²) in [5.74, 6) is 1.38. The maximum atomic E-state index is 5.35. The zero-order valence-electron chi connectivity index (χ0n) is 10.6. The summed E-state index contributed by atoms with van der Waals surface area (Å²) < 4.78 is 6.46. The van der Waals surface area contributed by atoms with E-state index in [4.69, 9.17) is 4.52 Å². The average molecular weight is 343 g/mol. The number of thiophene rings is 1. The highest BCUT2D eigenvalue weighted by molar-refractivity contribution is 9.11. The van der Waals surface area contributed by atoms with Gasteiger partial charge in [-0.15, -0.1) is 11.3 Å². The highest BCUT2D eigenvalue weighted by Gasteiger charge is 2.16. The fourth-order valence-electron chi connectivity index (χ4n) is 2.05. The second kappa shape index (κ2) is 5.70. The van der Waals surface area contributed by atoms with Gasteiger partial charge in [-0.3, -0.25) is 4.90 Å². The summed E-state index contributed by atoms with van der Waals surface area (Å²) in [6, 6.07) is 2.07. The fraction of sp³-hybridized carbons (Fsp3) is 0.500. The van der Waals surface area contributed by atoms with Crippen molar-refractivity contribution < 1.29 is 4.52 Å². The van der Waals surface area contributed by atoms with Gasteiger partial charge in [0.05, 0.1) is 15.2 Å². The van der Waals surface area contributed by atoms with Crippen molar-refractivity contribution in [2.45, 2.75) is 13.5 Å². The second-order valence-corrected chi connectivity index (χ2v) is 6.98. The predicted octanol–water partition coefficient (Wildman–Crippen LogP) is 2.27. The van der Waals surface area contributed by atoms with Crippen molar-refractivity contribution in [1.29, 1.82) is 0 Å². The summed E-state index contributed by atoms with van der Waals surface area (Å²) in [7, 11) is 0. The Morgan fingerprint density at radius 2 is 2.26 bits per heavy atom. The first kappa shape index (κ1) is 13.2. The molecule has 0 spiro atoms. The first-order valence-corrected chi connectivity index (χ1v) is 7.85. The predicted molar refractivity (Wildman–Crippen MR) is 78.2 cm³/mol. The van der Waals surface area contributed by atoms with E-state index >= 15 is 0 Å². The van der Waals surface area contributed by atoms with Crippen LogP contribution in [0.1, 0.15) is 11.4 Å². The first-order chi connectivity index (χ1) is 9.22. The first-order valence-electron chi connectivity index (χ1n) is 6.24. The van der Waals surface area contributed by atoms with Crippen LogP contribution in [0.3, 0.4) is 0 Å². The molecule has 0 aromatic carbocycles. The molecule has 102 valence electrons. The minimum Gasteiger partial charge on any atom is -0.333 e. The largest absolute Gasteiger partial charge is 0.333 e. The molecule has 19 heavy (non-hydrogen) atoms. The molecule has 1 N–H and O–H groups in total. The Morgan fingerprint density at radius 1 is 1.47 bits per heavy atom. The minimum atomic E-state index is 0.615. The number of rotatable bonds is 3. The molecule has 3 heterocycles. The molecule has 3 rings (SSSR count). The van der Waals surface area contributed by atoms with Crippen LogP contribution in [0.25, 0.3) is 10.8 Å². The Kier molecular flexibility index (Phi) is 3.97. The number of nitrogens with zero attached hydrogens (tertiary/aromatic N) is 3. The number of piperazine rings is 1. The van der Waals surface area contributed by atoms with Crippen LogP contribution in [-0.4, -0.2) is 41.2 Å². The lowest BCUT2D eigenvalue weighted by atomic mass is 10.3. The monoisotopic (exact) mass is 342 g/mol. The standard InChI is InChI=1S/C12H15BrN4OS/c1-8-6-9(19-11(8)13)12-15-10(16-18-12)7-17-4-2-14-3-5-17/h6,14H,2-5,7H2,1H3. The van der Waals surface area contributed by atoms with Gasteiger partial charge < -0.3 is 9.84 Å². The Labute approximate surface area is 124 Å². The molecule has 2 aromatic heterocycles. The van der Waals surface area contributed by atoms with E-state index in [9.17, 15) is 0 Å². The summed E-state index contributed by atoms with van der Waals surface area (Å²) in [6.45, 7) is 6.95. The quantitative estimate of drug-likeness (QED) is 0.927. The van der Waals surface area contributed by atoms with Crippen molar-refractivity contribution >= 4 is 27.3 Å². The van der Waals surface area contributed by atoms with Gasteiger partial charge in [-0.05, 0) is 34.5 Å². The number of aryl methyl sites for hydroxylation is 1. The molecule has 0 amide bonds. The van der Waals surface area contributed by atoms with Crippen molar-refractivity contribution in [1.82, 2.24) is 20.4 Å². The summed E-state index contributed by atoms with van der Waals surface area (Å²) in [4.78, 5) is 7.83. The van der Waals surface area contributed by atoms with Gasteiger partial charge in [0.15, 0.2) is 5.82 Å². The van der Waals surface area contributed by atoms with Crippen LogP contribution in [0, 0.1) is 6.92 Å². The highest BCUT2D eigenvalue weighted by Crippen LogP contribution is 2.33. The van der Waals surface area contributed by atoms with E-state index in [1.54, 1.807) is 11.3 Å². The van der Waals surface area contributed by atoms with E-state index in [0.717, 1.165) is 47.2 Å². The van der Waals surface area contributed by atoms with E-state index in [0.29, 0.717) is 5.89 Å². The number of hydrogen-bond donors (Lipinski definition) is 1. The summed E-state index contributed by atoms with van der Waals surface area (Å²) >= 11 is 5.14. The molecule has 0 saturated carbocycles. The lowest BCUT2D eigenvalue weighted by Gasteiger charge is -2.25. The minimum absolute atomic E-state index is 0.615. The van der Waals surface area contributed by atoms with E-state index in [-0.39, 0.29) is 0 Å². The van der Waals surface area contributed by atoms with Crippen molar-refractivity contribution in [3.8, 4) is 10.8 Å². The zero-order chi connectivity index (χ0) is 13.2. The van der Waals surface area contributed by atoms with Gasteiger partial charge >= 0.3 is 0 Å². The molecular weight excluding hydrogens is 328 g/mol. The number of nitrogens with one attached hydrogen (secondary N) is 1. The van der Waals surface area contributed by atoms with Crippen LogP contribution in [0.2, 0.25) is 0 Å². The van der Waals surface area contributed by atoms with Crippen LogP contribution in [0.15, 0.2) is 14.4 Å². The van der Waals surface area contributed by atoms with E-state index in [1.165, 1.54) is 5.56 Å². The van der Waals surface area contributed by atoms with Gasteiger partial charge in [0.1, 0.15) is 0 Å². The lowest BCUT2D eigenvalue weighted by molar-refractivity contribution is 0.225. The molecule has 0 aliphatic carbocycles. The fourth-order valence-corrected chi connectivity index (χ4v) is 3.51. The smallest absolute Gasteiger partial charge is 0.268 e. The Morgan fingerprint density at radius 3 is 2.95 bits per heavy atom. The van der Waals surface area contributed by atoms with Crippen LogP contribution < -0.4 is 5.32 Å². The SMILES string of the molecule is Cc1cc(-c2nc(CN3CCNCC3)no2)sc1Br. The Hall–Kier alpha value is -0.760. The van der Waals surface area contributed by atoms with Crippen LogP contribution in [-0.2, 0) is 6.54 Å². The topological polar surface area (TPSA) is 54.2 Å². The van der Waals surface area contributed by atoms with Gasteiger partial charge in [0, 0.05) is 26.2 Å². The maximum absolute atomic E-state index is 5.35. The van der Waals surface area contributed by atoms with Crippen molar-refractivity contribution in [3.05, 3.63) is 21.2 Å². The second-order valence-electron chi connectivity index (χ2n) is 4.61. The summed E-state index contributed by atoms with van der Waals surface area (Å²) in [6.07, 6.45) is 0. The van der Waals surface area contributed by atoms with Crippen molar-refractivity contribution in [2.24, 2.45) is 0 Å². The van der Waals surface area contributed by atoms with E-state index < -0.39 is 0 Å². The molecule has 1 aliphatic heterocycles. The van der Waals surface area contributed by atoms with Crippen LogP contribution in [0.5, 0.6) is 0 Å². The number of halogens is 1. The van der Waals surface area contributed by atoms with Crippen molar-refractivity contribution in [2.75, 3.05) is 26.2 Å². The van der Waals surface area contributed by atoms with Gasteiger partial charge in [0.25, 0.3) is 5.89 Å². The van der Waals surface area contributed by atoms with Crippen LogP contribution >= 0.6 is 27.3 Å². The third-order valence-corrected chi connectivity index (χ3v) is 5.24. The molecule has 0 bridgehead atoms. The molecule has 7 heteroatoms. The van der Waals surface area contributed by atoms with Gasteiger partial charge in [-0.1, -0.05) is 5.16 Å². The van der Waals surface area contributed by atoms with Gasteiger partial charge in [-0.2, -0.15) is 4.98 Å². The molecular formula is C12H15BrN4OS. The Balaban J connectivity index is 1.72. The molecule has 0 atom stereocenters. The molecule has 5 nitrogen and oxygen atoms in total. The maximum Gasteiger partial charge on any atom is 0.268 e. The molecule has 1 saturated heterocycles. The van der Waals surface area contributed by atoms with Crippen LogP contribution in [0.4, 0.5) is 0 Å². The van der Waals surface area contributed by atoms with Gasteiger partial charge in [-0.25, -0.2) is 0 Å². The normalized spacial score (nSPS) is 16.9. The Bertz CT molecular complexity index is 542. The summed E-state index contributed by atoms with van der Waals surface area (Å²) in [5.41, 5.74) is 1.20. The average Bonchev–Trinajstić information content (AvgIpc) is 2.99. The van der Waals surface area contributed by atoms with Gasteiger partial charge in [0.2, 0.25) is 0 Å². The third-order valence-electron chi connectivity index (χ3n) is 3.11. The molecule has 0 unspecified atom stereocenters. The van der Waals surface area contributed by atoms with E-state index in [2.05, 4.69) is 49.3 Å². The highest BCUT2D eigenvalue weighted by atomic mass is 79.9. The number of hydrogen-bond acceptors (Lipinski definition) is 6. The third kappa shape index (κ3) is 3.05. The molecule has 1 fully saturated rings. The molecule has 1 aliphatic rings.